The number of hydrogen-bond donors (Lipinski definition) is 2. The highest BCUT2D eigenvalue weighted by atomic mass is 79.9. The number of aromatic hydroxyl groups is 1. The molecule has 2 aromatic rings. The maximum Gasteiger partial charge on any atom is 0.120 e. The monoisotopic (exact) mass is 321 g/mol. The molecule has 0 fully saturated rings. The van der Waals surface area contributed by atoms with Crippen LogP contribution >= 0.6 is 15.9 Å². The molecule has 19 heavy (non-hydrogen) atoms. The van der Waals surface area contributed by atoms with Crippen molar-refractivity contribution in [3.05, 3.63) is 58.1 Å². The molecule has 3 N–H and O–H groups in total. The number of rotatable bonds is 5. The molecule has 2 aromatic carbocycles. The first-order valence-corrected chi connectivity index (χ1v) is 6.87. The van der Waals surface area contributed by atoms with Crippen molar-refractivity contribution >= 4 is 15.9 Å². The van der Waals surface area contributed by atoms with Gasteiger partial charge in [0, 0.05) is 4.47 Å². The molecule has 0 spiro atoms. The van der Waals surface area contributed by atoms with Crippen LogP contribution in [0.4, 0.5) is 0 Å². The molecule has 0 aromatic heterocycles. The lowest BCUT2D eigenvalue weighted by Crippen LogP contribution is -2.04. The minimum Gasteiger partial charge on any atom is -0.508 e. The summed E-state index contributed by atoms with van der Waals surface area (Å²) in [5.41, 5.74) is 7.73. The highest BCUT2D eigenvalue weighted by Gasteiger charge is 2.02. The smallest absolute Gasteiger partial charge is 0.120 e. The van der Waals surface area contributed by atoms with Gasteiger partial charge in [0.05, 0.1) is 0 Å². The third-order valence-corrected chi connectivity index (χ3v) is 3.55. The van der Waals surface area contributed by atoms with Crippen LogP contribution < -0.4 is 10.5 Å². The maximum absolute atomic E-state index is 9.21. The summed E-state index contributed by atoms with van der Waals surface area (Å²) in [5.74, 6) is 1.08. The zero-order valence-electron chi connectivity index (χ0n) is 10.5. The summed E-state index contributed by atoms with van der Waals surface area (Å²) < 4.78 is 6.78. The van der Waals surface area contributed by atoms with E-state index in [0.29, 0.717) is 13.2 Å². The van der Waals surface area contributed by atoms with E-state index < -0.39 is 0 Å². The first kappa shape index (κ1) is 13.9. The Labute approximate surface area is 121 Å². The van der Waals surface area contributed by atoms with Crippen LogP contribution in [0.2, 0.25) is 0 Å². The second kappa shape index (κ2) is 6.59. The Morgan fingerprint density at radius 2 is 1.84 bits per heavy atom. The van der Waals surface area contributed by atoms with E-state index in [-0.39, 0.29) is 5.75 Å². The largest absolute Gasteiger partial charge is 0.508 e. The van der Waals surface area contributed by atoms with Crippen molar-refractivity contribution in [1.29, 1.82) is 0 Å². The number of hydrogen-bond acceptors (Lipinski definition) is 3. The van der Waals surface area contributed by atoms with Crippen molar-refractivity contribution in [3.8, 4) is 11.5 Å². The fraction of sp³-hybridized carbons (Fsp3) is 0.200. The Kier molecular flexibility index (Phi) is 4.82. The fourth-order valence-corrected chi connectivity index (χ4v) is 2.19. The zero-order chi connectivity index (χ0) is 13.7. The van der Waals surface area contributed by atoms with Crippen molar-refractivity contribution in [2.24, 2.45) is 5.73 Å². The van der Waals surface area contributed by atoms with Gasteiger partial charge in [-0.15, -0.1) is 0 Å². The van der Waals surface area contributed by atoms with Crippen LogP contribution in [0, 0.1) is 0 Å². The molecule has 0 saturated carbocycles. The lowest BCUT2D eigenvalue weighted by atomic mass is 10.1. The van der Waals surface area contributed by atoms with Gasteiger partial charge in [-0.05, 0) is 54.4 Å². The standard InChI is InChI=1S/C15H16BrNO2/c16-15-6-5-14(9-12(15)7-8-17)19-10-11-1-3-13(18)4-2-11/h1-6,9,18H,7-8,10,17H2. The summed E-state index contributed by atoms with van der Waals surface area (Å²) in [6.45, 7) is 1.09. The number of phenols is 1. The van der Waals surface area contributed by atoms with E-state index >= 15 is 0 Å². The average molecular weight is 322 g/mol. The molecule has 100 valence electrons. The molecular weight excluding hydrogens is 306 g/mol. The van der Waals surface area contributed by atoms with Crippen molar-refractivity contribution in [3.63, 3.8) is 0 Å². The van der Waals surface area contributed by atoms with E-state index in [1.54, 1.807) is 12.1 Å². The molecule has 0 atom stereocenters. The van der Waals surface area contributed by atoms with Crippen LogP contribution in [0.3, 0.4) is 0 Å². The quantitative estimate of drug-likeness (QED) is 0.888. The lowest BCUT2D eigenvalue weighted by Gasteiger charge is -2.09. The van der Waals surface area contributed by atoms with Crippen LogP contribution in [0.15, 0.2) is 46.9 Å². The Bertz CT molecular complexity index is 540. The molecule has 0 radical (unpaired) electrons. The van der Waals surface area contributed by atoms with Gasteiger partial charge in [0.25, 0.3) is 0 Å². The predicted molar refractivity (Wildman–Crippen MR) is 79.3 cm³/mol. The molecular formula is C15H16BrNO2. The molecule has 4 heteroatoms. The summed E-state index contributed by atoms with van der Waals surface area (Å²) >= 11 is 3.50. The van der Waals surface area contributed by atoms with Crippen molar-refractivity contribution in [2.45, 2.75) is 13.0 Å². The van der Waals surface area contributed by atoms with E-state index in [9.17, 15) is 5.11 Å². The van der Waals surface area contributed by atoms with Gasteiger partial charge in [-0.25, -0.2) is 0 Å². The van der Waals surface area contributed by atoms with Crippen LogP contribution in [-0.2, 0) is 13.0 Å². The van der Waals surface area contributed by atoms with Gasteiger partial charge in [0.2, 0.25) is 0 Å². The number of nitrogens with two attached hydrogens (primary N) is 1. The summed E-state index contributed by atoms with van der Waals surface area (Å²) in [4.78, 5) is 0. The SMILES string of the molecule is NCCc1cc(OCc2ccc(O)cc2)ccc1Br. The maximum atomic E-state index is 9.21. The minimum absolute atomic E-state index is 0.262. The summed E-state index contributed by atoms with van der Waals surface area (Å²) in [6, 6.07) is 12.9. The normalized spacial score (nSPS) is 10.4. The molecule has 0 amide bonds. The van der Waals surface area contributed by atoms with E-state index in [0.717, 1.165) is 27.8 Å². The zero-order valence-corrected chi connectivity index (χ0v) is 12.1. The third-order valence-electron chi connectivity index (χ3n) is 2.77. The van der Waals surface area contributed by atoms with Crippen molar-refractivity contribution in [2.75, 3.05) is 6.54 Å². The fourth-order valence-electron chi connectivity index (χ4n) is 1.75. The summed E-state index contributed by atoms with van der Waals surface area (Å²) in [7, 11) is 0. The van der Waals surface area contributed by atoms with Crippen molar-refractivity contribution in [1.82, 2.24) is 0 Å². The highest BCUT2D eigenvalue weighted by Crippen LogP contribution is 2.23. The molecule has 0 heterocycles. The molecule has 0 aliphatic carbocycles. The topological polar surface area (TPSA) is 55.5 Å². The highest BCUT2D eigenvalue weighted by molar-refractivity contribution is 9.10. The molecule has 0 unspecified atom stereocenters. The molecule has 0 bridgehead atoms. The Morgan fingerprint density at radius 1 is 1.11 bits per heavy atom. The van der Waals surface area contributed by atoms with Gasteiger partial charge < -0.3 is 15.6 Å². The van der Waals surface area contributed by atoms with Gasteiger partial charge in [-0.2, -0.15) is 0 Å². The van der Waals surface area contributed by atoms with Crippen LogP contribution in [0.5, 0.6) is 11.5 Å². The lowest BCUT2D eigenvalue weighted by molar-refractivity contribution is 0.305. The second-order valence-corrected chi connectivity index (χ2v) is 5.10. The average Bonchev–Trinajstić information content (AvgIpc) is 2.42. The second-order valence-electron chi connectivity index (χ2n) is 4.25. The Morgan fingerprint density at radius 3 is 2.53 bits per heavy atom. The van der Waals surface area contributed by atoms with Gasteiger partial charge in [0.15, 0.2) is 0 Å². The summed E-state index contributed by atoms with van der Waals surface area (Å²) in [5, 5.41) is 9.21. The molecule has 2 rings (SSSR count). The Hall–Kier alpha value is -1.52. The van der Waals surface area contributed by atoms with Crippen LogP contribution in [0.1, 0.15) is 11.1 Å². The van der Waals surface area contributed by atoms with Gasteiger partial charge >= 0.3 is 0 Å². The van der Waals surface area contributed by atoms with Gasteiger partial charge in [0.1, 0.15) is 18.1 Å². The van der Waals surface area contributed by atoms with Crippen molar-refractivity contribution < 1.29 is 9.84 Å². The number of halogens is 1. The summed E-state index contributed by atoms with van der Waals surface area (Å²) in [6.07, 6.45) is 0.816. The first-order valence-electron chi connectivity index (χ1n) is 6.08. The minimum atomic E-state index is 0.262. The number of benzene rings is 2. The molecule has 0 aliphatic heterocycles. The number of phenolic OH excluding ortho intramolecular Hbond substituents is 1. The van der Waals surface area contributed by atoms with E-state index in [2.05, 4.69) is 15.9 Å². The van der Waals surface area contributed by atoms with Gasteiger partial charge in [-0.1, -0.05) is 28.1 Å². The predicted octanol–water partition coefficient (Wildman–Crippen LogP) is 3.23. The Balaban J connectivity index is 2.03. The van der Waals surface area contributed by atoms with Crippen LogP contribution in [-0.4, -0.2) is 11.7 Å². The molecule has 0 aliphatic rings. The first-order chi connectivity index (χ1) is 9.19. The molecule has 3 nitrogen and oxygen atoms in total. The van der Waals surface area contributed by atoms with Gasteiger partial charge in [-0.3, -0.25) is 0 Å². The molecule has 0 saturated heterocycles. The van der Waals surface area contributed by atoms with E-state index in [4.69, 9.17) is 10.5 Å². The van der Waals surface area contributed by atoms with E-state index in [1.165, 1.54) is 0 Å². The van der Waals surface area contributed by atoms with E-state index in [1.807, 2.05) is 30.3 Å². The number of ether oxygens (including phenoxy) is 1. The van der Waals surface area contributed by atoms with Crippen LogP contribution in [0.25, 0.3) is 0 Å². The third kappa shape index (κ3) is 3.98.